The van der Waals surface area contributed by atoms with Gasteiger partial charge in [-0.1, -0.05) is 18.7 Å². The zero-order chi connectivity index (χ0) is 27.5. The molecule has 0 spiro atoms. The van der Waals surface area contributed by atoms with E-state index >= 15 is 0 Å². The van der Waals surface area contributed by atoms with Gasteiger partial charge in [0.25, 0.3) is 0 Å². The average Bonchev–Trinajstić information content (AvgIpc) is 3.61. The molecule has 1 atom stereocenters. The predicted molar refractivity (Wildman–Crippen MR) is 151 cm³/mol. The molecule has 3 aromatic heterocycles. The molecular formula is C29H32N8O3. The number of nitrogen functional groups attached to an aromatic ring is 1. The van der Waals surface area contributed by atoms with Crippen molar-refractivity contribution in [3.63, 3.8) is 0 Å². The highest BCUT2D eigenvalue weighted by Crippen LogP contribution is 2.43. The van der Waals surface area contributed by atoms with E-state index in [4.69, 9.17) is 20.2 Å². The number of aromatic nitrogens is 5. The lowest BCUT2D eigenvalue weighted by atomic mass is 9.94. The van der Waals surface area contributed by atoms with Gasteiger partial charge in [-0.05, 0) is 36.3 Å². The summed E-state index contributed by atoms with van der Waals surface area (Å²) in [6.45, 7) is 9.83. The minimum atomic E-state index is -0.0519. The summed E-state index contributed by atoms with van der Waals surface area (Å²) in [6, 6.07) is 9.84. The number of amides is 1. The number of fused-ring (bicyclic) bond motifs is 1. The van der Waals surface area contributed by atoms with Gasteiger partial charge < -0.3 is 24.7 Å². The first-order valence-electron chi connectivity index (χ1n) is 13.5. The van der Waals surface area contributed by atoms with E-state index in [-0.39, 0.29) is 17.8 Å². The van der Waals surface area contributed by atoms with E-state index in [1.807, 2.05) is 29.2 Å². The number of carbonyl (C=O) groups excluding carboxylic acids is 1. The fourth-order valence-electron chi connectivity index (χ4n) is 5.67. The highest BCUT2D eigenvalue weighted by atomic mass is 16.5. The van der Waals surface area contributed by atoms with Crippen molar-refractivity contribution in [2.75, 3.05) is 51.7 Å². The number of likely N-dealkylation sites (tertiary alicyclic amines) is 1. The molecule has 1 aromatic carbocycles. The van der Waals surface area contributed by atoms with Gasteiger partial charge in [0, 0.05) is 68.8 Å². The summed E-state index contributed by atoms with van der Waals surface area (Å²) < 4.78 is 13.7. The summed E-state index contributed by atoms with van der Waals surface area (Å²) in [4.78, 5) is 34.1. The molecule has 0 saturated carbocycles. The van der Waals surface area contributed by atoms with Crippen LogP contribution in [0, 0.1) is 0 Å². The summed E-state index contributed by atoms with van der Waals surface area (Å²) in [7, 11) is 0. The van der Waals surface area contributed by atoms with Crippen LogP contribution in [0.15, 0.2) is 61.7 Å². The van der Waals surface area contributed by atoms with Crippen LogP contribution in [-0.2, 0) is 16.1 Å². The fraction of sp³-hybridized carbons (Fsp3) is 0.345. The first kappa shape index (κ1) is 25.9. The molecule has 2 aliphatic heterocycles. The second-order valence-corrected chi connectivity index (χ2v) is 9.96. The van der Waals surface area contributed by atoms with Crippen molar-refractivity contribution in [3.8, 4) is 22.9 Å². The van der Waals surface area contributed by atoms with E-state index < -0.39 is 0 Å². The van der Waals surface area contributed by atoms with Gasteiger partial charge in [-0.15, -0.1) is 0 Å². The topological polar surface area (TPSA) is 125 Å². The summed E-state index contributed by atoms with van der Waals surface area (Å²) in [6.07, 6.45) is 7.02. The highest BCUT2D eigenvalue weighted by molar-refractivity contribution is 6.02. The Kier molecular flexibility index (Phi) is 7.39. The number of nitrogens with two attached hydrogens (primary N) is 1. The zero-order valence-electron chi connectivity index (χ0n) is 22.3. The van der Waals surface area contributed by atoms with Crippen molar-refractivity contribution in [2.45, 2.75) is 18.9 Å². The minimum Gasteiger partial charge on any atom is -0.424 e. The molecule has 5 heterocycles. The van der Waals surface area contributed by atoms with Crippen LogP contribution >= 0.6 is 0 Å². The van der Waals surface area contributed by atoms with Crippen molar-refractivity contribution in [1.82, 2.24) is 34.3 Å². The molecule has 0 aliphatic carbocycles. The molecule has 206 valence electrons. The largest absolute Gasteiger partial charge is 0.424 e. The zero-order valence-corrected chi connectivity index (χ0v) is 22.3. The third-order valence-corrected chi connectivity index (χ3v) is 7.61. The quantitative estimate of drug-likeness (QED) is 0.336. The van der Waals surface area contributed by atoms with Crippen LogP contribution in [-0.4, -0.2) is 86.1 Å². The lowest BCUT2D eigenvalue weighted by Crippen LogP contribution is -2.38. The molecule has 0 bridgehead atoms. The monoisotopic (exact) mass is 540 g/mol. The molecule has 11 heteroatoms. The van der Waals surface area contributed by atoms with Crippen LogP contribution in [0.2, 0.25) is 0 Å². The van der Waals surface area contributed by atoms with E-state index in [0.717, 1.165) is 73.7 Å². The maximum atomic E-state index is 12.5. The molecule has 4 aromatic rings. The smallest absolute Gasteiger partial charge is 0.321 e. The van der Waals surface area contributed by atoms with Crippen molar-refractivity contribution < 1.29 is 14.3 Å². The Labute approximate surface area is 232 Å². The number of hydrogen-bond acceptors (Lipinski definition) is 9. The Bertz CT molecular complexity index is 1500. The van der Waals surface area contributed by atoms with E-state index in [2.05, 4.69) is 31.0 Å². The first-order chi connectivity index (χ1) is 19.6. The Morgan fingerprint density at radius 3 is 2.60 bits per heavy atom. The molecule has 0 radical (unpaired) electrons. The Hall–Kier alpha value is -4.35. The molecule has 11 nitrogen and oxygen atoms in total. The maximum Gasteiger partial charge on any atom is 0.321 e. The van der Waals surface area contributed by atoms with Crippen LogP contribution in [0.25, 0.3) is 22.2 Å². The summed E-state index contributed by atoms with van der Waals surface area (Å²) in [5, 5.41) is 0.827. The van der Waals surface area contributed by atoms with Crippen molar-refractivity contribution in [1.29, 1.82) is 0 Å². The highest BCUT2D eigenvalue weighted by Gasteiger charge is 2.33. The fourth-order valence-corrected chi connectivity index (χ4v) is 5.67. The molecule has 40 heavy (non-hydrogen) atoms. The molecule has 2 saturated heterocycles. The number of hydrogen-bond donors (Lipinski definition) is 1. The Morgan fingerprint density at radius 2 is 1.85 bits per heavy atom. The van der Waals surface area contributed by atoms with Crippen LogP contribution in [0.3, 0.4) is 0 Å². The van der Waals surface area contributed by atoms with Crippen LogP contribution in [0.4, 0.5) is 5.82 Å². The minimum absolute atomic E-state index is 0.0519. The molecule has 2 aliphatic rings. The molecule has 1 unspecified atom stereocenters. The SMILES string of the molecule is C=CC(=O)N1CCC(c2c(-c3ccc(Oc4ncccn4)cc3)c3c(N)ncnc3n2CCN2CCOCC2)C1. The predicted octanol–water partition coefficient (Wildman–Crippen LogP) is 3.10. The first-order valence-corrected chi connectivity index (χ1v) is 13.5. The van der Waals surface area contributed by atoms with Crippen molar-refractivity contribution in [3.05, 3.63) is 67.4 Å². The van der Waals surface area contributed by atoms with Gasteiger partial charge >= 0.3 is 6.01 Å². The van der Waals surface area contributed by atoms with Crippen molar-refractivity contribution >= 4 is 22.8 Å². The number of rotatable bonds is 8. The number of carbonyl (C=O) groups is 1. The third-order valence-electron chi connectivity index (χ3n) is 7.61. The van der Waals surface area contributed by atoms with E-state index in [1.165, 1.54) is 12.4 Å². The van der Waals surface area contributed by atoms with Gasteiger partial charge in [0.05, 0.1) is 18.6 Å². The number of nitrogens with zero attached hydrogens (tertiary/aromatic N) is 7. The standard InChI is InChI=1S/C29H32N8O3/c1-2-23(38)36-11-8-21(18-36)26-24(20-4-6-22(7-5-20)40-29-31-9-3-10-32-29)25-27(30)33-19-34-28(25)37(26)13-12-35-14-16-39-17-15-35/h2-7,9-10,19,21H,1,8,11-18H2,(H2,30,33,34). The lowest BCUT2D eigenvalue weighted by Gasteiger charge is -2.27. The number of benzene rings is 1. The van der Waals surface area contributed by atoms with Gasteiger partial charge in [-0.25, -0.2) is 19.9 Å². The third kappa shape index (κ3) is 5.13. The van der Waals surface area contributed by atoms with Gasteiger partial charge in [0.15, 0.2) is 0 Å². The summed E-state index contributed by atoms with van der Waals surface area (Å²) >= 11 is 0. The molecule has 2 fully saturated rings. The molecular weight excluding hydrogens is 508 g/mol. The molecule has 1 amide bonds. The number of ether oxygens (including phenoxy) is 2. The van der Waals surface area contributed by atoms with Crippen LogP contribution in [0.5, 0.6) is 11.8 Å². The van der Waals surface area contributed by atoms with Crippen LogP contribution in [0.1, 0.15) is 18.0 Å². The van der Waals surface area contributed by atoms with Gasteiger partial charge in [0.1, 0.15) is 23.5 Å². The Morgan fingerprint density at radius 1 is 1.07 bits per heavy atom. The van der Waals surface area contributed by atoms with E-state index in [1.54, 1.807) is 18.5 Å². The average molecular weight is 541 g/mol. The number of morpholine rings is 1. The normalized spacial score (nSPS) is 17.8. The summed E-state index contributed by atoms with van der Waals surface area (Å²) in [5.74, 6) is 1.11. The second kappa shape index (κ2) is 11.4. The number of anilines is 1. The maximum absolute atomic E-state index is 12.5. The van der Waals surface area contributed by atoms with Gasteiger partial charge in [-0.3, -0.25) is 9.69 Å². The second-order valence-electron chi connectivity index (χ2n) is 9.96. The molecule has 2 N–H and O–H groups in total. The van der Waals surface area contributed by atoms with E-state index in [0.29, 0.717) is 24.7 Å². The van der Waals surface area contributed by atoms with E-state index in [9.17, 15) is 4.79 Å². The summed E-state index contributed by atoms with van der Waals surface area (Å²) in [5.41, 5.74) is 10.4. The van der Waals surface area contributed by atoms with Gasteiger partial charge in [-0.2, -0.15) is 0 Å². The van der Waals surface area contributed by atoms with Gasteiger partial charge in [0.2, 0.25) is 5.91 Å². The van der Waals surface area contributed by atoms with Crippen LogP contribution < -0.4 is 10.5 Å². The molecule has 6 rings (SSSR count). The van der Waals surface area contributed by atoms with Crippen molar-refractivity contribution in [2.24, 2.45) is 0 Å². The Balaban J connectivity index is 1.43. The lowest BCUT2D eigenvalue weighted by molar-refractivity contribution is -0.125.